The van der Waals surface area contributed by atoms with E-state index < -0.39 is 5.97 Å². The summed E-state index contributed by atoms with van der Waals surface area (Å²) in [5, 5.41) is 0. The van der Waals surface area contributed by atoms with Gasteiger partial charge in [0.15, 0.2) is 0 Å². The molecule has 1 aromatic heterocycles. The van der Waals surface area contributed by atoms with E-state index in [-0.39, 0.29) is 35.8 Å². The summed E-state index contributed by atoms with van der Waals surface area (Å²) in [4.78, 5) is 11.7. The third-order valence-electron chi connectivity index (χ3n) is 2.42. The maximum absolute atomic E-state index is 11.7. The van der Waals surface area contributed by atoms with Gasteiger partial charge < -0.3 is 42.4 Å². The smallest absolute Gasteiger partial charge is 0.374 e. The van der Waals surface area contributed by atoms with Crippen LogP contribution in [0.15, 0.2) is 16.5 Å². The number of likely N-dealkylation sites (N-methyl/N-ethyl adjacent to an activating group) is 1. The van der Waals surface area contributed by atoms with Crippen LogP contribution in [-0.2, 0) is 16.1 Å². The van der Waals surface area contributed by atoms with Crippen LogP contribution in [0.4, 0.5) is 0 Å². The molecule has 0 bridgehead atoms. The van der Waals surface area contributed by atoms with Gasteiger partial charge in [-0.25, -0.2) is 4.79 Å². The molecule has 0 spiro atoms. The zero-order valence-corrected chi connectivity index (χ0v) is 15.0. The minimum Gasteiger partial charge on any atom is -1.00 e. The molecule has 5 nitrogen and oxygen atoms in total. The van der Waals surface area contributed by atoms with Gasteiger partial charge in [0, 0.05) is 0 Å². The number of rotatable bonds is 7. The highest BCUT2D eigenvalue weighted by atomic mass is 127. The summed E-state index contributed by atoms with van der Waals surface area (Å²) in [5.41, 5.74) is 0. The molecule has 0 saturated heterocycles. The first-order valence-corrected chi connectivity index (χ1v) is 6.46. The summed E-state index contributed by atoms with van der Waals surface area (Å²) in [5.74, 6) is 0.431. The number of hydrogen-bond acceptors (Lipinski definition) is 4. The van der Waals surface area contributed by atoms with Crippen LogP contribution in [0.2, 0.25) is 0 Å². The molecule has 1 rings (SSSR count). The summed E-state index contributed by atoms with van der Waals surface area (Å²) in [6.07, 6.45) is 0.130. The molecule has 0 aromatic carbocycles. The number of carbonyl (C=O) groups excluding carboxylic acids is 1. The van der Waals surface area contributed by atoms with Crippen molar-refractivity contribution in [1.82, 2.24) is 0 Å². The van der Waals surface area contributed by atoms with Crippen molar-refractivity contribution in [3.63, 3.8) is 0 Å². The Bertz CT molecular complexity index is 410. The molecule has 0 atom stereocenters. The standard InChI is InChI=1S/C14H24NO4.HI/c1-11(2)18-10-12-6-7-13(19-12)14(16)17-9-8-15(3,4)5;/h6-7,11H,8-10H2,1-5H3;1H/q+1;/p-1. The molecule has 0 radical (unpaired) electrons. The van der Waals surface area contributed by atoms with Gasteiger partial charge in [-0.2, -0.15) is 0 Å². The molecular formula is C14H24INO4. The number of carbonyl (C=O) groups is 1. The van der Waals surface area contributed by atoms with Crippen LogP contribution in [0.1, 0.15) is 30.2 Å². The van der Waals surface area contributed by atoms with Gasteiger partial charge in [-0.15, -0.1) is 0 Å². The van der Waals surface area contributed by atoms with Gasteiger partial charge in [0.2, 0.25) is 5.76 Å². The summed E-state index contributed by atoms with van der Waals surface area (Å²) < 4.78 is 16.7. The van der Waals surface area contributed by atoms with Crippen LogP contribution in [0.5, 0.6) is 0 Å². The Morgan fingerprint density at radius 1 is 1.30 bits per heavy atom. The lowest BCUT2D eigenvalue weighted by Crippen LogP contribution is -3.00. The van der Waals surface area contributed by atoms with Gasteiger partial charge in [-0.05, 0) is 26.0 Å². The van der Waals surface area contributed by atoms with Crippen LogP contribution < -0.4 is 24.0 Å². The van der Waals surface area contributed by atoms with E-state index in [1.165, 1.54) is 0 Å². The Balaban J connectivity index is 0.00000361. The number of halogens is 1. The highest BCUT2D eigenvalue weighted by molar-refractivity contribution is 5.86. The molecule has 116 valence electrons. The minimum absolute atomic E-state index is 0. The molecule has 0 saturated carbocycles. The third kappa shape index (κ3) is 7.86. The Labute approximate surface area is 137 Å². The Kier molecular flexibility index (Phi) is 8.38. The first kappa shape index (κ1) is 19.4. The van der Waals surface area contributed by atoms with Crippen LogP contribution in [0.25, 0.3) is 0 Å². The second-order valence-electron chi connectivity index (χ2n) is 5.78. The normalized spacial score (nSPS) is 11.3. The van der Waals surface area contributed by atoms with Crippen molar-refractivity contribution >= 4 is 5.97 Å². The van der Waals surface area contributed by atoms with Crippen molar-refractivity contribution in [1.29, 1.82) is 0 Å². The van der Waals surface area contributed by atoms with E-state index in [1.807, 2.05) is 35.0 Å². The van der Waals surface area contributed by atoms with E-state index in [1.54, 1.807) is 12.1 Å². The number of ether oxygens (including phenoxy) is 2. The largest absolute Gasteiger partial charge is 1.00 e. The van der Waals surface area contributed by atoms with Gasteiger partial charge in [0.05, 0.1) is 27.2 Å². The summed E-state index contributed by atoms with van der Waals surface area (Å²) >= 11 is 0. The van der Waals surface area contributed by atoms with Crippen molar-refractivity contribution in [3.8, 4) is 0 Å². The van der Waals surface area contributed by atoms with Crippen molar-refractivity contribution in [3.05, 3.63) is 23.7 Å². The quantitative estimate of drug-likeness (QED) is 0.339. The molecule has 0 unspecified atom stereocenters. The predicted octanol–water partition coefficient (Wildman–Crippen LogP) is -0.928. The van der Waals surface area contributed by atoms with Crippen molar-refractivity contribution < 1.29 is 47.1 Å². The third-order valence-corrected chi connectivity index (χ3v) is 2.42. The van der Waals surface area contributed by atoms with E-state index in [0.29, 0.717) is 19.0 Å². The Morgan fingerprint density at radius 2 is 1.95 bits per heavy atom. The van der Waals surface area contributed by atoms with Gasteiger partial charge in [0.1, 0.15) is 25.5 Å². The van der Waals surface area contributed by atoms with Gasteiger partial charge in [-0.3, -0.25) is 0 Å². The molecule has 0 N–H and O–H groups in total. The molecule has 0 amide bonds. The van der Waals surface area contributed by atoms with Crippen molar-refractivity contribution in [2.75, 3.05) is 34.3 Å². The van der Waals surface area contributed by atoms with E-state index in [0.717, 1.165) is 11.0 Å². The van der Waals surface area contributed by atoms with Crippen LogP contribution >= 0.6 is 0 Å². The lowest BCUT2D eigenvalue weighted by molar-refractivity contribution is -0.870. The van der Waals surface area contributed by atoms with Crippen LogP contribution in [-0.4, -0.2) is 50.9 Å². The second kappa shape index (κ2) is 8.63. The average Bonchev–Trinajstić information content (AvgIpc) is 2.73. The number of quaternary nitrogens is 1. The first-order valence-electron chi connectivity index (χ1n) is 6.46. The Morgan fingerprint density at radius 3 is 2.50 bits per heavy atom. The fraction of sp³-hybridized carbons (Fsp3) is 0.643. The molecule has 1 heterocycles. The topological polar surface area (TPSA) is 48.7 Å². The maximum atomic E-state index is 11.7. The molecule has 6 heteroatoms. The van der Waals surface area contributed by atoms with E-state index in [9.17, 15) is 4.79 Å². The molecule has 0 aliphatic carbocycles. The van der Waals surface area contributed by atoms with Crippen LogP contribution in [0, 0.1) is 0 Å². The molecule has 1 aromatic rings. The van der Waals surface area contributed by atoms with E-state index in [2.05, 4.69) is 0 Å². The zero-order chi connectivity index (χ0) is 14.5. The van der Waals surface area contributed by atoms with E-state index in [4.69, 9.17) is 13.9 Å². The molecule has 20 heavy (non-hydrogen) atoms. The minimum atomic E-state index is -0.427. The fourth-order valence-electron chi connectivity index (χ4n) is 1.30. The lowest BCUT2D eigenvalue weighted by Gasteiger charge is -2.23. The number of furan rings is 1. The van der Waals surface area contributed by atoms with Gasteiger partial charge in [0.25, 0.3) is 0 Å². The van der Waals surface area contributed by atoms with Crippen molar-refractivity contribution in [2.45, 2.75) is 26.6 Å². The van der Waals surface area contributed by atoms with E-state index >= 15 is 0 Å². The highest BCUT2D eigenvalue weighted by Gasteiger charge is 2.15. The summed E-state index contributed by atoms with van der Waals surface area (Å²) in [7, 11) is 6.13. The second-order valence-corrected chi connectivity index (χ2v) is 5.78. The maximum Gasteiger partial charge on any atom is 0.374 e. The molecule has 0 aliphatic heterocycles. The summed E-state index contributed by atoms with van der Waals surface area (Å²) in [6, 6.07) is 3.35. The number of nitrogens with zero attached hydrogens (tertiary/aromatic N) is 1. The number of hydrogen-bond donors (Lipinski definition) is 0. The van der Waals surface area contributed by atoms with Gasteiger partial charge in [-0.1, -0.05) is 0 Å². The SMILES string of the molecule is CC(C)OCc1ccc(C(=O)OCC[N+](C)(C)C)o1.[I-]. The summed E-state index contributed by atoms with van der Waals surface area (Å²) in [6.45, 7) is 5.40. The highest BCUT2D eigenvalue weighted by Crippen LogP contribution is 2.11. The zero-order valence-electron chi connectivity index (χ0n) is 12.8. The molecule has 0 fully saturated rings. The number of esters is 1. The van der Waals surface area contributed by atoms with Crippen molar-refractivity contribution in [2.24, 2.45) is 0 Å². The van der Waals surface area contributed by atoms with Crippen LogP contribution in [0.3, 0.4) is 0 Å². The lowest BCUT2D eigenvalue weighted by atomic mass is 10.4. The molecular weight excluding hydrogens is 373 g/mol. The Hall–Kier alpha value is -0.600. The molecule has 0 aliphatic rings. The fourth-order valence-corrected chi connectivity index (χ4v) is 1.30. The first-order chi connectivity index (χ1) is 8.78. The predicted molar refractivity (Wildman–Crippen MR) is 71.8 cm³/mol. The average molecular weight is 397 g/mol. The van der Waals surface area contributed by atoms with Gasteiger partial charge >= 0.3 is 5.97 Å². The monoisotopic (exact) mass is 397 g/mol.